The van der Waals surface area contributed by atoms with Crippen LogP contribution in [0.25, 0.3) is 0 Å². The summed E-state index contributed by atoms with van der Waals surface area (Å²) in [5.74, 6) is 4.72. The van der Waals surface area contributed by atoms with Crippen molar-refractivity contribution in [1.82, 2.24) is 25.4 Å². The van der Waals surface area contributed by atoms with E-state index in [0.29, 0.717) is 12.6 Å². The van der Waals surface area contributed by atoms with E-state index in [9.17, 15) is 0 Å². The molecule has 0 unspecified atom stereocenters. The summed E-state index contributed by atoms with van der Waals surface area (Å²) in [7, 11) is 1.84. The molecule has 0 aromatic carbocycles. The van der Waals surface area contributed by atoms with Crippen molar-refractivity contribution in [1.29, 1.82) is 0 Å². The summed E-state index contributed by atoms with van der Waals surface area (Å²) in [5, 5.41) is 15.5. The smallest absolute Gasteiger partial charge is 0.191 e. The highest BCUT2D eigenvalue weighted by Crippen LogP contribution is 2.29. The minimum Gasteiger partial charge on any atom is -0.354 e. The summed E-state index contributed by atoms with van der Waals surface area (Å²) in [5.41, 5.74) is 0. The zero-order valence-electron chi connectivity index (χ0n) is 14.7. The van der Waals surface area contributed by atoms with Gasteiger partial charge in [-0.2, -0.15) is 0 Å². The summed E-state index contributed by atoms with van der Waals surface area (Å²) >= 11 is 0. The number of aryl methyl sites for hydroxylation is 1. The average molecular weight is 318 g/mol. The first-order chi connectivity index (χ1) is 11.2. The van der Waals surface area contributed by atoms with Gasteiger partial charge in [-0.05, 0) is 43.9 Å². The molecule has 0 atom stereocenters. The molecule has 128 valence electrons. The third-order valence-corrected chi connectivity index (χ3v) is 5.38. The molecule has 0 saturated heterocycles. The molecule has 1 saturated carbocycles. The van der Waals surface area contributed by atoms with Gasteiger partial charge in [0.1, 0.15) is 5.82 Å². The zero-order valence-corrected chi connectivity index (χ0v) is 14.7. The lowest BCUT2D eigenvalue weighted by molar-refractivity contribution is 0.250. The van der Waals surface area contributed by atoms with Crippen molar-refractivity contribution in [2.24, 2.45) is 16.8 Å². The topological polar surface area (TPSA) is 67.1 Å². The zero-order chi connectivity index (χ0) is 16.2. The van der Waals surface area contributed by atoms with Gasteiger partial charge in [-0.15, -0.1) is 10.2 Å². The van der Waals surface area contributed by atoms with Crippen LogP contribution in [0.5, 0.6) is 0 Å². The molecule has 0 amide bonds. The van der Waals surface area contributed by atoms with Crippen LogP contribution in [-0.2, 0) is 19.5 Å². The Balaban J connectivity index is 1.47. The molecule has 1 aromatic heterocycles. The minimum atomic E-state index is 0.542. The van der Waals surface area contributed by atoms with Crippen LogP contribution in [0.15, 0.2) is 4.99 Å². The monoisotopic (exact) mass is 318 g/mol. The fourth-order valence-corrected chi connectivity index (χ4v) is 3.82. The van der Waals surface area contributed by atoms with Crippen molar-refractivity contribution in [3.63, 3.8) is 0 Å². The Morgan fingerprint density at radius 3 is 2.74 bits per heavy atom. The molecule has 2 N–H and O–H groups in total. The Morgan fingerprint density at radius 2 is 2.04 bits per heavy atom. The fraction of sp³-hybridized carbons (Fsp3) is 0.824. The molecule has 2 heterocycles. The summed E-state index contributed by atoms with van der Waals surface area (Å²) in [6.07, 6.45) is 7.37. The minimum absolute atomic E-state index is 0.542. The van der Waals surface area contributed by atoms with E-state index in [1.54, 1.807) is 0 Å². The lowest BCUT2D eigenvalue weighted by atomic mass is 9.80. The van der Waals surface area contributed by atoms with Gasteiger partial charge >= 0.3 is 0 Å². The Bertz CT molecular complexity index is 539. The third kappa shape index (κ3) is 3.85. The molecule has 6 nitrogen and oxygen atoms in total. The highest BCUT2D eigenvalue weighted by atomic mass is 15.3. The lowest BCUT2D eigenvalue weighted by Gasteiger charge is -2.32. The van der Waals surface area contributed by atoms with Gasteiger partial charge in [0.05, 0.1) is 6.54 Å². The highest BCUT2D eigenvalue weighted by molar-refractivity contribution is 5.79. The van der Waals surface area contributed by atoms with E-state index in [2.05, 4.69) is 44.2 Å². The van der Waals surface area contributed by atoms with E-state index in [1.165, 1.54) is 32.1 Å². The molecule has 6 heteroatoms. The fourth-order valence-electron chi connectivity index (χ4n) is 3.82. The van der Waals surface area contributed by atoms with Crippen LogP contribution in [0.1, 0.15) is 57.6 Å². The molecule has 1 fully saturated rings. The number of fused-ring (bicyclic) bond motifs is 1. The first-order valence-corrected chi connectivity index (χ1v) is 9.05. The van der Waals surface area contributed by atoms with Crippen LogP contribution in [-0.4, -0.2) is 33.8 Å². The third-order valence-electron chi connectivity index (χ3n) is 5.38. The van der Waals surface area contributed by atoms with Gasteiger partial charge in [0.25, 0.3) is 0 Å². The SMILES string of the molecule is CN=C(NCc1nnc2n1CCC2)NC1CCC(C(C)C)CC1. The molecular weight excluding hydrogens is 288 g/mol. The summed E-state index contributed by atoms with van der Waals surface area (Å²) in [4.78, 5) is 4.37. The Labute approximate surface area is 139 Å². The summed E-state index contributed by atoms with van der Waals surface area (Å²) in [6.45, 7) is 6.42. The van der Waals surface area contributed by atoms with Gasteiger partial charge in [-0.1, -0.05) is 13.8 Å². The number of hydrogen-bond acceptors (Lipinski definition) is 3. The first kappa shape index (κ1) is 16.3. The van der Waals surface area contributed by atoms with Gasteiger partial charge in [0.2, 0.25) is 0 Å². The van der Waals surface area contributed by atoms with E-state index in [1.807, 2.05) is 7.05 Å². The number of nitrogens with zero attached hydrogens (tertiary/aromatic N) is 4. The molecule has 1 aliphatic carbocycles. The summed E-state index contributed by atoms with van der Waals surface area (Å²) in [6, 6.07) is 0.542. The van der Waals surface area contributed by atoms with Crippen LogP contribution in [0.3, 0.4) is 0 Å². The predicted molar refractivity (Wildman–Crippen MR) is 92.3 cm³/mol. The maximum atomic E-state index is 4.37. The molecule has 0 radical (unpaired) electrons. The molecule has 23 heavy (non-hydrogen) atoms. The predicted octanol–water partition coefficient (Wildman–Crippen LogP) is 2.10. The number of aliphatic imine (C=N–C) groups is 1. The van der Waals surface area contributed by atoms with Crippen LogP contribution in [0.4, 0.5) is 0 Å². The Morgan fingerprint density at radius 1 is 1.26 bits per heavy atom. The van der Waals surface area contributed by atoms with E-state index >= 15 is 0 Å². The highest BCUT2D eigenvalue weighted by Gasteiger charge is 2.24. The average Bonchev–Trinajstić information content (AvgIpc) is 3.16. The molecule has 1 aromatic rings. The van der Waals surface area contributed by atoms with Crippen molar-refractivity contribution in [3.05, 3.63) is 11.6 Å². The van der Waals surface area contributed by atoms with Gasteiger partial charge < -0.3 is 15.2 Å². The first-order valence-electron chi connectivity index (χ1n) is 9.05. The molecule has 3 rings (SSSR count). The second-order valence-corrected chi connectivity index (χ2v) is 7.21. The van der Waals surface area contributed by atoms with Crippen LogP contribution < -0.4 is 10.6 Å². The second kappa shape index (κ2) is 7.32. The van der Waals surface area contributed by atoms with Crippen molar-refractivity contribution in [2.75, 3.05) is 7.05 Å². The maximum absolute atomic E-state index is 4.37. The largest absolute Gasteiger partial charge is 0.354 e. The van der Waals surface area contributed by atoms with Crippen molar-refractivity contribution in [2.45, 2.75) is 71.5 Å². The Hall–Kier alpha value is -1.59. The van der Waals surface area contributed by atoms with Crippen molar-refractivity contribution >= 4 is 5.96 Å². The van der Waals surface area contributed by atoms with Crippen LogP contribution in [0.2, 0.25) is 0 Å². The van der Waals surface area contributed by atoms with Gasteiger partial charge in [-0.25, -0.2) is 0 Å². The number of nitrogens with one attached hydrogen (secondary N) is 2. The number of rotatable bonds is 4. The van der Waals surface area contributed by atoms with Crippen LogP contribution in [0, 0.1) is 11.8 Å². The van der Waals surface area contributed by atoms with E-state index in [0.717, 1.165) is 42.4 Å². The number of aromatic nitrogens is 3. The van der Waals surface area contributed by atoms with Crippen LogP contribution >= 0.6 is 0 Å². The van der Waals surface area contributed by atoms with Gasteiger partial charge in [-0.3, -0.25) is 4.99 Å². The van der Waals surface area contributed by atoms with Crippen molar-refractivity contribution < 1.29 is 0 Å². The standard InChI is InChI=1S/C17H30N6/c1-12(2)13-6-8-14(9-7-13)20-17(18-3)19-11-16-22-21-15-5-4-10-23(15)16/h12-14H,4-11H2,1-3H3,(H2,18,19,20). The molecule has 1 aliphatic heterocycles. The quantitative estimate of drug-likeness (QED) is 0.659. The normalized spacial score (nSPS) is 24.8. The molecule has 2 aliphatic rings. The van der Waals surface area contributed by atoms with Crippen molar-refractivity contribution in [3.8, 4) is 0 Å². The summed E-state index contributed by atoms with van der Waals surface area (Å²) < 4.78 is 2.23. The number of guanidine groups is 1. The molecule has 0 spiro atoms. The Kier molecular flexibility index (Phi) is 5.18. The van der Waals surface area contributed by atoms with E-state index in [4.69, 9.17) is 0 Å². The molecular formula is C17H30N6. The lowest BCUT2D eigenvalue weighted by Crippen LogP contribution is -2.45. The van der Waals surface area contributed by atoms with E-state index < -0.39 is 0 Å². The van der Waals surface area contributed by atoms with E-state index in [-0.39, 0.29) is 0 Å². The molecule has 0 bridgehead atoms. The maximum Gasteiger partial charge on any atom is 0.191 e. The van der Waals surface area contributed by atoms with Gasteiger partial charge in [0.15, 0.2) is 11.8 Å². The second-order valence-electron chi connectivity index (χ2n) is 7.21. The van der Waals surface area contributed by atoms with Gasteiger partial charge in [0, 0.05) is 26.1 Å². The number of hydrogen-bond donors (Lipinski definition) is 2.